The lowest BCUT2D eigenvalue weighted by Gasteiger charge is -2.45. The highest BCUT2D eigenvalue weighted by molar-refractivity contribution is 5.76. The van der Waals surface area contributed by atoms with Crippen molar-refractivity contribution >= 4 is 5.91 Å². The van der Waals surface area contributed by atoms with Crippen LogP contribution in [0.15, 0.2) is 24.5 Å². The first-order chi connectivity index (χ1) is 12.8. The summed E-state index contributed by atoms with van der Waals surface area (Å²) in [5, 5.41) is 0. The van der Waals surface area contributed by atoms with Crippen molar-refractivity contribution in [1.29, 1.82) is 0 Å². The molecule has 2 saturated heterocycles. The number of fused-ring (bicyclic) bond motifs is 1. The highest BCUT2D eigenvalue weighted by Crippen LogP contribution is 2.34. The Balaban J connectivity index is 1.32. The third-order valence-corrected chi connectivity index (χ3v) is 6.68. The maximum atomic E-state index is 13.0. The average molecular weight is 358 g/mol. The molecule has 2 aliphatic heterocycles. The summed E-state index contributed by atoms with van der Waals surface area (Å²) < 4.78 is 2.18. The second kappa shape index (κ2) is 8.60. The lowest BCUT2D eigenvalue weighted by atomic mass is 9.83. The van der Waals surface area contributed by atoms with Crippen molar-refractivity contribution in [3.8, 4) is 0 Å². The zero-order valence-corrected chi connectivity index (χ0v) is 16.2. The molecule has 1 aliphatic carbocycles. The largest absolute Gasteiger partial charge is 0.354 e. The molecule has 2 unspecified atom stereocenters. The third kappa shape index (κ3) is 4.70. The Morgan fingerprint density at radius 3 is 2.58 bits per heavy atom. The molecule has 1 amide bonds. The molecule has 0 bridgehead atoms. The number of nitrogens with zero attached hydrogens (tertiary/aromatic N) is 3. The van der Waals surface area contributed by atoms with Crippen LogP contribution in [0.1, 0.15) is 57.8 Å². The summed E-state index contributed by atoms with van der Waals surface area (Å²) in [4.78, 5) is 18.0. The van der Waals surface area contributed by atoms with Gasteiger partial charge in [0.05, 0.1) is 0 Å². The number of aryl methyl sites for hydroxylation is 1. The number of carbonyl (C=O) groups excluding carboxylic acids is 1. The fraction of sp³-hybridized carbons (Fsp3) is 0.773. The maximum Gasteiger partial charge on any atom is 0.222 e. The fourth-order valence-electron chi connectivity index (χ4n) is 5.05. The van der Waals surface area contributed by atoms with E-state index in [1.54, 1.807) is 0 Å². The predicted octanol–water partition coefficient (Wildman–Crippen LogP) is 3.77. The number of carbonyl (C=O) groups is 1. The number of piperidine rings is 2. The van der Waals surface area contributed by atoms with Crippen molar-refractivity contribution < 1.29 is 4.79 Å². The highest BCUT2D eigenvalue weighted by atomic mass is 16.2. The van der Waals surface area contributed by atoms with Crippen LogP contribution in [0, 0.1) is 11.8 Å². The second-order valence-corrected chi connectivity index (χ2v) is 8.77. The molecule has 1 aromatic heterocycles. The molecular weight excluding hydrogens is 322 g/mol. The molecule has 1 saturated carbocycles. The van der Waals surface area contributed by atoms with E-state index in [0.29, 0.717) is 18.2 Å². The van der Waals surface area contributed by atoms with E-state index in [2.05, 4.69) is 38.9 Å². The molecule has 2 atom stereocenters. The van der Waals surface area contributed by atoms with E-state index >= 15 is 0 Å². The minimum Gasteiger partial charge on any atom is -0.354 e. The van der Waals surface area contributed by atoms with Crippen molar-refractivity contribution in [3.05, 3.63) is 24.5 Å². The van der Waals surface area contributed by atoms with Crippen LogP contribution in [-0.4, -0.2) is 52.5 Å². The monoisotopic (exact) mass is 357 g/mol. The third-order valence-electron chi connectivity index (χ3n) is 6.68. The van der Waals surface area contributed by atoms with Gasteiger partial charge in [-0.2, -0.15) is 0 Å². The van der Waals surface area contributed by atoms with Crippen LogP contribution >= 0.6 is 0 Å². The summed E-state index contributed by atoms with van der Waals surface area (Å²) in [6, 6.07) is 4.85. The molecule has 3 aliphatic rings. The SMILES string of the molecule is O=C(CCCn1cccc1)N(CC1CC1)CC1CCCN2CCCCC12. The molecule has 1 aromatic rings. The zero-order chi connectivity index (χ0) is 17.8. The van der Waals surface area contributed by atoms with Crippen LogP contribution in [0.4, 0.5) is 0 Å². The highest BCUT2D eigenvalue weighted by Gasteiger charge is 2.35. The molecule has 0 radical (unpaired) electrons. The molecule has 144 valence electrons. The first kappa shape index (κ1) is 18.1. The molecule has 0 N–H and O–H groups in total. The number of hydrogen-bond donors (Lipinski definition) is 0. The minimum atomic E-state index is 0.400. The van der Waals surface area contributed by atoms with Crippen LogP contribution in [-0.2, 0) is 11.3 Å². The lowest BCUT2D eigenvalue weighted by molar-refractivity contribution is -0.133. The summed E-state index contributed by atoms with van der Waals surface area (Å²) in [6.07, 6.45) is 15.2. The molecule has 4 heteroatoms. The van der Waals surface area contributed by atoms with E-state index in [1.807, 2.05) is 0 Å². The van der Waals surface area contributed by atoms with Crippen molar-refractivity contribution in [1.82, 2.24) is 14.4 Å². The van der Waals surface area contributed by atoms with Gasteiger partial charge in [-0.25, -0.2) is 0 Å². The summed E-state index contributed by atoms with van der Waals surface area (Å²) in [7, 11) is 0. The van der Waals surface area contributed by atoms with E-state index in [4.69, 9.17) is 0 Å². The topological polar surface area (TPSA) is 28.5 Å². The first-order valence-corrected chi connectivity index (χ1v) is 10.9. The number of amides is 1. The first-order valence-electron chi connectivity index (χ1n) is 10.9. The van der Waals surface area contributed by atoms with Gasteiger partial charge in [-0.05, 0) is 82.0 Å². The molecular formula is C22H35N3O. The van der Waals surface area contributed by atoms with Crippen molar-refractivity contribution in [2.45, 2.75) is 70.4 Å². The van der Waals surface area contributed by atoms with E-state index in [9.17, 15) is 4.79 Å². The van der Waals surface area contributed by atoms with Gasteiger partial charge in [0, 0.05) is 44.5 Å². The van der Waals surface area contributed by atoms with Crippen LogP contribution in [0.5, 0.6) is 0 Å². The van der Waals surface area contributed by atoms with Crippen LogP contribution in [0.3, 0.4) is 0 Å². The van der Waals surface area contributed by atoms with Crippen LogP contribution in [0.25, 0.3) is 0 Å². The van der Waals surface area contributed by atoms with Crippen LogP contribution in [0.2, 0.25) is 0 Å². The van der Waals surface area contributed by atoms with Gasteiger partial charge < -0.3 is 14.4 Å². The number of aromatic nitrogens is 1. The van der Waals surface area contributed by atoms with Gasteiger partial charge in [-0.1, -0.05) is 6.42 Å². The summed E-state index contributed by atoms with van der Waals surface area (Å²) >= 11 is 0. The van der Waals surface area contributed by atoms with E-state index < -0.39 is 0 Å². The van der Waals surface area contributed by atoms with Crippen molar-refractivity contribution in [3.63, 3.8) is 0 Å². The quantitative estimate of drug-likeness (QED) is 0.708. The number of hydrogen-bond acceptors (Lipinski definition) is 2. The molecule has 4 rings (SSSR count). The standard InChI is InChI=1S/C22H35N3O/c26-22(9-6-14-23-12-3-4-13-23)25(17-19-10-11-19)18-20-7-5-16-24-15-2-1-8-21(20)24/h3-4,12-13,19-21H,1-2,5-11,14-18H2. The molecule has 0 spiro atoms. The molecule has 26 heavy (non-hydrogen) atoms. The smallest absolute Gasteiger partial charge is 0.222 e. The Hall–Kier alpha value is -1.29. The van der Waals surface area contributed by atoms with E-state index in [0.717, 1.165) is 38.0 Å². The Morgan fingerprint density at radius 2 is 1.77 bits per heavy atom. The van der Waals surface area contributed by atoms with Gasteiger partial charge in [0.15, 0.2) is 0 Å². The Labute approximate surface area is 158 Å². The predicted molar refractivity (Wildman–Crippen MR) is 105 cm³/mol. The van der Waals surface area contributed by atoms with Crippen LogP contribution < -0.4 is 0 Å². The van der Waals surface area contributed by atoms with Gasteiger partial charge in [0.2, 0.25) is 5.91 Å². The Morgan fingerprint density at radius 1 is 0.962 bits per heavy atom. The Kier molecular flexibility index (Phi) is 5.98. The summed E-state index contributed by atoms with van der Waals surface area (Å²) in [6.45, 7) is 5.56. The van der Waals surface area contributed by atoms with Crippen molar-refractivity contribution in [2.75, 3.05) is 26.2 Å². The van der Waals surface area contributed by atoms with E-state index in [-0.39, 0.29) is 0 Å². The van der Waals surface area contributed by atoms with E-state index in [1.165, 1.54) is 58.0 Å². The molecule has 3 fully saturated rings. The molecule has 0 aromatic carbocycles. The molecule has 3 heterocycles. The molecule has 4 nitrogen and oxygen atoms in total. The van der Waals surface area contributed by atoms with Gasteiger partial charge in [-0.3, -0.25) is 4.79 Å². The van der Waals surface area contributed by atoms with Gasteiger partial charge in [0.25, 0.3) is 0 Å². The normalized spacial score (nSPS) is 26.5. The van der Waals surface area contributed by atoms with Gasteiger partial charge in [-0.15, -0.1) is 0 Å². The fourth-order valence-corrected chi connectivity index (χ4v) is 5.05. The Bertz CT molecular complexity index is 564. The summed E-state index contributed by atoms with van der Waals surface area (Å²) in [5.41, 5.74) is 0. The maximum absolute atomic E-state index is 13.0. The lowest BCUT2D eigenvalue weighted by Crippen LogP contribution is -2.51. The minimum absolute atomic E-state index is 0.400. The van der Waals surface area contributed by atoms with Crippen molar-refractivity contribution in [2.24, 2.45) is 11.8 Å². The van der Waals surface area contributed by atoms with Gasteiger partial charge in [0.1, 0.15) is 0 Å². The number of rotatable bonds is 8. The van der Waals surface area contributed by atoms with Gasteiger partial charge >= 0.3 is 0 Å². The average Bonchev–Trinajstić information content (AvgIpc) is 3.33. The summed E-state index contributed by atoms with van der Waals surface area (Å²) in [5.74, 6) is 1.89. The second-order valence-electron chi connectivity index (χ2n) is 8.77. The zero-order valence-electron chi connectivity index (χ0n) is 16.2.